The van der Waals surface area contributed by atoms with E-state index >= 15 is 0 Å². The van der Waals surface area contributed by atoms with Crippen LogP contribution in [0.3, 0.4) is 0 Å². The third-order valence-corrected chi connectivity index (χ3v) is 3.49. The van der Waals surface area contributed by atoms with E-state index < -0.39 is 0 Å². The van der Waals surface area contributed by atoms with E-state index in [0.29, 0.717) is 0 Å². The highest BCUT2D eigenvalue weighted by Crippen LogP contribution is 2.29. The first-order valence-corrected chi connectivity index (χ1v) is 7.43. The molecule has 2 nitrogen and oxygen atoms in total. The van der Waals surface area contributed by atoms with Crippen molar-refractivity contribution >= 4 is 15.9 Å². The number of hydrogen-bond acceptors (Lipinski definition) is 2. The molecule has 2 N–H and O–H groups in total. The first kappa shape index (κ1) is 14.4. The van der Waals surface area contributed by atoms with Crippen molar-refractivity contribution in [3.8, 4) is 11.5 Å². The number of aromatic hydroxyl groups is 2. The maximum atomic E-state index is 9.62. The third kappa shape index (κ3) is 5.44. The van der Waals surface area contributed by atoms with E-state index in [1.165, 1.54) is 38.2 Å². The van der Waals surface area contributed by atoms with Crippen molar-refractivity contribution in [2.45, 2.75) is 44.9 Å². The van der Waals surface area contributed by atoms with Crippen molar-refractivity contribution in [1.29, 1.82) is 0 Å². The fourth-order valence-electron chi connectivity index (χ4n) is 1.90. The van der Waals surface area contributed by atoms with Crippen LogP contribution < -0.4 is 0 Å². The van der Waals surface area contributed by atoms with Crippen LogP contribution in [0.25, 0.3) is 0 Å². The van der Waals surface area contributed by atoms with E-state index in [2.05, 4.69) is 15.9 Å². The molecule has 96 valence electrons. The first-order chi connectivity index (χ1) is 8.25. The van der Waals surface area contributed by atoms with Crippen LogP contribution in [-0.2, 0) is 6.42 Å². The molecule has 0 bridgehead atoms. The quantitative estimate of drug-likeness (QED) is 0.425. The molecule has 0 spiro atoms. The predicted molar refractivity (Wildman–Crippen MR) is 75.0 cm³/mol. The summed E-state index contributed by atoms with van der Waals surface area (Å²) in [4.78, 5) is 0. The minimum atomic E-state index is -0.0141. The van der Waals surface area contributed by atoms with E-state index in [4.69, 9.17) is 0 Å². The monoisotopic (exact) mass is 300 g/mol. The van der Waals surface area contributed by atoms with E-state index in [1.807, 2.05) is 6.07 Å². The highest BCUT2D eigenvalue weighted by Gasteiger charge is 2.04. The molecule has 3 heteroatoms. The van der Waals surface area contributed by atoms with Crippen LogP contribution in [0.15, 0.2) is 18.2 Å². The van der Waals surface area contributed by atoms with Crippen LogP contribution >= 0.6 is 15.9 Å². The van der Waals surface area contributed by atoms with Crippen molar-refractivity contribution < 1.29 is 10.2 Å². The topological polar surface area (TPSA) is 40.5 Å². The third-order valence-electron chi connectivity index (χ3n) is 2.93. The van der Waals surface area contributed by atoms with Crippen LogP contribution in [0.5, 0.6) is 11.5 Å². The number of alkyl halides is 1. The zero-order valence-electron chi connectivity index (χ0n) is 10.2. The summed E-state index contributed by atoms with van der Waals surface area (Å²) in [6.07, 6.45) is 8.21. The molecule has 0 aromatic heterocycles. The summed E-state index contributed by atoms with van der Waals surface area (Å²) in [5.41, 5.74) is 0.852. The van der Waals surface area contributed by atoms with Gasteiger partial charge < -0.3 is 10.2 Å². The standard InChI is InChI=1S/C14H21BrO2/c15-11-6-4-2-1-3-5-8-12-9-7-10-13(16)14(12)17/h7,9-10,16-17H,1-6,8,11H2. The summed E-state index contributed by atoms with van der Waals surface area (Å²) in [6, 6.07) is 5.17. The van der Waals surface area contributed by atoms with Crippen molar-refractivity contribution in [2.75, 3.05) is 5.33 Å². The average molecular weight is 301 g/mol. The molecule has 0 radical (unpaired) electrons. The van der Waals surface area contributed by atoms with Crippen molar-refractivity contribution in [2.24, 2.45) is 0 Å². The van der Waals surface area contributed by atoms with Gasteiger partial charge >= 0.3 is 0 Å². The van der Waals surface area contributed by atoms with Crippen LogP contribution in [0.1, 0.15) is 44.1 Å². The summed E-state index contributed by atoms with van der Waals surface area (Å²) >= 11 is 3.43. The molecule has 0 amide bonds. The number of para-hydroxylation sites is 1. The Morgan fingerprint density at radius 1 is 0.882 bits per heavy atom. The van der Waals surface area contributed by atoms with Gasteiger partial charge in [-0.3, -0.25) is 0 Å². The summed E-state index contributed by atoms with van der Waals surface area (Å²) in [5.74, 6) is 0.0339. The van der Waals surface area contributed by atoms with Gasteiger partial charge in [0.2, 0.25) is 0 Å². The lowest BCUT2D eigenvalue weighted by Crippen LogP contribution is -1.87. The van der Waals surface area contributed by atoms with Crippen LogP contribution in [0, 0.1) is 0 Å². The van der Waals surface area contributed by atoms with Gasteiger partial charge in [-0.05, 0) is 30.9 Å². The highest BCUT2D eigenvalue weighted by molar-refractivity contribution is 9.09. The number of hydrogen-bond donors (Lipinski definition) is 2. The van der Waals surface area contributed by atoms with E-state index in [1.54, 1.807) is 6.07 Å². The second-order valence-electron chi connectivity index (χ2n) is 4.35. The minimum absolute atomic E-state index is 0.0141. The average Bonchev–Trinajstić information content (AvgIpc) is 2.33. The minimum Gasteiger partial charge on any atom is -0.504 e. The van der Waals surface area contributed by atoms with Gasteiger partial charge in [0, 0.05) is 5.33 Å². The van der Waals surface area contributed by atoms with Gasteiger partial charge in [-0.2, -0.15) is 0 Å². The summed E-state index contributed by atoms with van der Waals surface area (Å²) in [7, 11) is 0. The van der Waals surface area contributed by atoms with Crippen LogP contribution in [-0.4, -0.2) is 15.5 Å². The van der Waals surface area contributed by atoms with E-state index in [0.717, 1.165) is 23.7 Å². The largest absolute Gasteiger partial charge is 0.504 e. The highest BCUT2D eigenvalue weighted by atomic mass is 79.9. The van der Waals surface area contributed by atoms with Gasteiger partial charge in [0.05, 0.1) is 0 Å². The van der Waals surface area contributed by atoms with Gasteiger partial charge in [-0.1, -0.05) is 53.7 Å². The molecular formula is C14H21BrO2. The maximum Gasteiger partial charge on any atom is 0.160 e. The van der Waals surface area contributed by atoms with Gasteiger partial charge in [0.1, 0.15) is 0 Å². The Bertz CT molecular complexity index is 326. The molecule has 0 saturated heterocycles. The summed E-state index contributed by atoms with van der Waals surface area (Å²) in [5, 5.41) is 20.1. The lowest BCUT2D eigenvalue weighted by Gasteiger charge is -2.05. The fraction of sp³-hybridized carbons (Fsp3) is 0.571. The lowest BCUT2D eigenvalue weighted by atomic mass is 10.0. The number of phenolic OH excluding ortho intramolecular Hbond substituents is 2. The molecule has 17 heavy (non-hydrogen) atoms. The maximum absolute atomic E-state index is 9.62. The van der Waals surface area contributed by atoms with Crippen LogP contribution in [0.4, 0.5) is 0 Å². The Balaban J connectivity index is 2.16. The van der Waals surface area contributed by atoms with E-state index in [-0.39, 0.29) is 11.5 Å². The molecule has 1 aromatic rings. The van der Waals surface area contributed by atoms with E-state index in [9.17, 15) is 10.2 Å². The van der Waals surface area contributed by atoms with Crippen molar-refractivity contribution in [3.63, 3.8) is 0 Å². The van der Waals surface area contributed by atoms with Gasteiger partial charge in [0.25, 0.3) is 0 Å². The molecule has 1 aromatic carbocycles. The van der Waals surface area contributed by atoms with Gasteiger partial charge in [-0.25, -0.2) is 0 Å². The Labute approximate surface area is 112 Å². The Morgan fingerprint density at radius 3 is 2.24 bits per heavy atom. The SMILES string of the molecule is Oc1cccc(CCCCCCCCBr)c1O. The predicted octanol–water partition coefficient (Wildman–Crippen LogP) is 4.38. The normalized spacial score (nSPS) is 10.6. The Morgan fingerprint density at radius 2 is 1.53 bits per heavy atom. The van der Waals surface area contributed by atoms with Gasteiger partial charge in [-0.15, -0.1) is 0 Å². The van der Waals surface area contributed by atoms with Gasteiger partial charge in [0.15, 0.2) is 11.5 Å². The number of unbranched alkanes of at least 4 members (excludes halogenated alkanes) is 5. The molecule has 0 aliphatic heterocycles. The second kappa shape index (κ2) is 8.40. The Kier molecular flexibility index (Phi) is 7.10. The lowest BCUT2D eigenvalue weighted by molar-refractivity contribution is 0.398. The molecule has 0 heterocycles. The summed E-state index contributed by atoms with van der Waals surface area (Å²) in [6.45, 7) is 0. The smallest absolute Gasteiger partial charge is 0.160 e. The second-order valence-corrected chi connectivity index (χ2v) is 5.14. The van der Waals surface area contributed by atoms with Crippen molar-refractivity contribution in [1.82, 2.24) is 0 Å². The summed E-state index contributed by atoms with van der Waals surface area (Å²) < 4.78 is 0. The number of benzene rings is 1. The number of phenols is 2. The molecule has 0 aliphatic rings. The number of rotatable bonds is 8. The first-order valence-electron chi connectivity index (χ1n) is 6.31. The molecular weight excluding hydrogens is 280 g/mol. The Hall–Kier alpha value is -0.700. The molecule has 0 aliphatic carbocycles. The molecule has 0 unspecified atom stereocenters. The molecule has 0 saturated carbocycles. The molecule has 0 fully saturated rings. The number of aryl methyl sites for hydroxylation is 1. The molecule has 1 rings (SSSR count). The zero-order valence-corrected chi connectivity index (χ0v) is 11.7. The molecule has 0 atom stereocenters. The fourth-order valence-corrected chi connectivity index (χ4v) is 2.29. The zero-order chi connectivity index (χ0) is 12.5. The van der Waals surface area contributed by atoms with Crippen molar-refractivity contribution in [3.05, 3.63) is 23.8 Å². The number of halogens is 1. The van der Waals surface area contributed by atoms with Crippen LogP contribution in [0.2, 0.25) is 0 Å².